The van der Waals surface area contributed by atoms with Crippen LogP contribution < -0.4 is 15.6 Å². The fourth-order valence-corrected chi connectivity index (χ4v) is 4.17. The van der Waals surface area contributed by atoms with Gasteiger partial charge in [-0.15, -0.1) is 0 Å². The lowest BCUT2D eigenvalue weighted by Crippen LogP contribution is -2.38. The van der Waals surface area contributed by atoms with Gasteiger partial charge in [-0.2, -0.15) is 0 Å². The molecule has 0 aliphatic heterocycles. The molecular formula is C24H30N4O3S. The van der Waals surface area contributed by atoms with Crippen LogP contribution in [0.15, 0.2) is 53.3 Å². The highest BCUT2D eigenvalue weighted by Gasteiger charge is 2.19. The smallest absolute Gasteiger partial charge is 0.262 e. The lowest BCUT2D eigenvalue weighted by Gasteiger charge is -2.30. The second-order valence-electron chi connectivity index (χ2n) is 7.50. The van der Waals surface area contributed by atoms with Crippen molar-refractivity contribution in [2.75, 3.05) is 26.7 Å². The Kier molecular flexibility index (Phi) is 8.19. The van der Waals surface area contributed by atoms with Crippen LogP contribution >= 0.6 is 12.2 Å². The van der Waals surface area contributed by atoms with Gasteiger partial charge in [-0.1, -0.05) is 38.1 Å². The quantitative estimate of drug-likeness (QED) is 0.457. The Morgan fingerprint density at radius 2 is 1.94 bits per heavy atom. The SMILES string of the molecule is CCN(CC)C(CNC(=O)CCn1c(=S)[nH]c2ccccc2c1=O)c1cccc(OC)c1. The molecule has 0 saturated carbocycles. The minimum atomic E-state index is -0.186. The van der Waals surface area contributed by atoms with E-state index in [1.165, 1.54) is 4.57 Å². The molecule has 170 valence electrons. The Balaban J connectivity index is 1.70. The molecule has 2 N–H and O–H groups in total. The lowest BCUT2D eigenvalue weighted by atomic mass is 10.0. The minimum absolute atomic E-state index is 0.0234. The molecule has 1 atom stereocenters. The Bertz CT molecular complexity index is 1180. The summed E-state index contributed by atoms with van der Waals surface area (Å²) in [5, 5.41) is 3.59. The Labute approximate surface area is 193 Å². The molecule has 7 nitrogen and oxygen atoms in total. The summed E-state index contributed by atoms with van der Waals surface area (Å²) in [6, 6.07) is 15.2. The van der Waals surface area contributed by atoms with Crippen molar-refractivity contribution in [1.82, 2.24) is 19.8 Å². The zero-order chi connectivity index (χ0) is 23.1. The number of hydrogen-bond donors (Lipinski definition) is 2. The van der Waals surface area contributed by atoms with E-state index in [0.29, 0.717) is 22.2 Å². The van der Waals surface area contributed by atoms with E-state index in [0.717, 1.165) is 24.4 Å². The van der Waals surface area contributed by atoms with Crippen molar-refractivity contribution in [1.29, 1.82) is 0 Å². The van der Waals surface area contributed by atoms with Crippen molar-refractivity contribution < 1.29 is 9.53 Å². The van der Waals surface area contributed by atoms with Crippen molar-refractivity contribution in [3.05, 3.63) is 69.2 Å². The lowest BCUT2D eigenvalue weighted by molar-refractivity contribution is -0.121. The number of carbonyl (C=O) groups is 1. The number of aromatic amines is 1. The normalized spacial score (nSPS) is 12.1. The minimum Gasteiger partial charge on any atom is -0.497 e. The zero-order valence-corrected chi connectivity index (χ0v) is 19.6. The molecule has 0 aliphatic rings. The maximum atomic E-state index is 12.8. The number of H-pyrrole nitrogens is 1. The predicted molar refractivity (Wildman–Crippen MR) is 130 cm³/mol. The molecule has 1 aromatic heterocycles. The van der Waals surface area contributed by atoms with E-state index in [1.807, 2.05) is 42.5 Å². The standard InChI is InChI=1S/C24H30N4O3S/c1-4-27(5-2)21(17-9-8-10-18(15-17)31-3)16-25-22(29)13-14-28-23(30)19-11-6-7-12-20(19)26-24(28)32/h6-12,15,21H,4-5,13-14,16H2,1-3H3,(H,25,29)(H,26,32). The Morgan fingerprint density at radius 1 is 1.19 bits per heavy atom. The second kappa shape index (κ2) is 11.1. The first kappa shape index (κ1) is 23.7. The van der Waals surface area contributed by atoms with Crippen molar-refractivity contribution in [3.8, 4) is 5.75 Å². The molecule has 3 rings (SSSR count). The molecule has 0 saturated heterocycles. The molecule has 2 aromatic carbocycles. The number of hydrogen-bond acceptors (Lipinski definition) is 5. The molecular weight excluding hydrogens is 424 g/mol. The molecule has 3 aromatic rings. The van der Waals surface area contributed by atoms with Gasteiger partial charge in [0.1, 0.15) is 5.75 Å². The van der Waals surface area contributed by atoms with Crippen LogP contribution in [-0.4, -0.2) is 47.1 Å². The number of ether oxygens (including phenoxy) is 1. The van der Waals surface area contributed by atoms with Crippen LogP contribution in [0.1, 0.15) is 31.9 Å². The number of rotatable bonds is 10. The van der Waals surface area contributed by atoms with Gasteiger partial charge in [-0.05, 0) is 55.1 Å². The average Bonchev–Trinajstić information content (AvgIpc) is 2.81. The summed E-state index contributed by atoms with van der Waals surface area (Å²) in [6.07, 6.45) is 0.165. The fraction of sp³-hybridized carbons (Fsp3) is 0.375. The summed E-state index contributed by atoms with van der Waals surface area (Å²) in [6.45, 7) is 6.61. The molecule has 1 heterocycles. The first-order chi connectivity index (χ1) is 15.5. The number of methoxy groups -OCH3 is 1. The monoisotopic (exact) mass is 454 g/mol. The van der Waals surface area contributed by atoms with Crippen LogP contribution in [0.4, 0.5) is 0 Å². The van der Waals surface area contributed by atoms with Crippen LogP contribution in [0.2, 0.25) is 0 Å². The van der Waals surface area contributed by atoms with Crippen molar-refractivity contribution >= 4 is 29.0 Å². The maximum absolute atomic E-state index is 12.8. The van der Waals surface area contributed by atoms with Crippen molar-refractivity contribution in [2.45, 2.75) is 32.9 Å². The van der Waals surface area contributed by atoms with Crippen LogP contribution in [0.25, 0.3) is 10.9 Å². The van der Waals surface area contributed by atoms with Gasteiger partial charge < -0.3 is 15.0 Å². The number of nitrogens with zero attached hydrogens (tertiary/aromatic N) is 2. The third-order valence-corrected chi connectivity index (χ3v) is 6.00. The summed E-state index contributed by atoms with van der Waals surface area (Å²) in [4.78, 5) is 30.8. The number of benzene rings is 2. The van der Waals surface area contributed by atoms with Gasteiger partial charge in [0, 0.05) is 19.5 Å². The molecule has 0 bridgehead atoms. The van der Waals surface area contributed by atoms with E-state index in [-0.39, 0.29) is 30.5 Å². The third-order valence-electron chi connectivity index (χ3n) is 5.68. The van der Waals surface area contributed by atoms with Crippen LogP contribution in [0.3, 0.4) is 0 Å². The molecule has 0 radical (unpaired) electrons. The highest BCUT2D eigenvalue weighted by Crippen LogP contribution is 2.23. The van der Waals surface area contributed by atoms with E-state index < -0.39 is 0 Å². The molecule has 1 amide bonds. The number of aromatic nitrogens is 2. The van der Waals surface area contributed by atoms with Gasteiger partial charge in [0.15, 0.2) is 4.77 Å². The topological polar surface area (TPSA) is 79.4 Å². The molecule has 0 aliphatic carbocycles. The summed E-state index contributed by atoms with van der Waals surface area (Å²) >= 11 is 5.34. The van der Waals surface area contributed by atoms with Gasteiger partial charge in [-0.3, -0.25) is 19.1 Å². The van der Waals surface area contributed by atoms with Crippen LogP contribution in [-0.2, 0) is 11.3 Å². The summed E-state index contributed by atoms with van der Waals surface area (Å²) in [5.41, 5.74) is 1.60. The van der Waals surface area contributed by atoms with Crippen molar-refractivity contribution in [2.24, 2.45) is 0 Å². The van der Waals surface area contributed by atoms with Crippen molar-refractivity contribution in [3.63, 3.8) is 0 Å². The van der Waals surface area contributed by atoms with E-state index >= 15 is 0 Å². The molecule has 32 heavy (non-hydrogen) atoms. The van der Waals surface area contributed by atoms with E-state index in [2.05, 4.69) is 29.0 Å². The Morgan fingerprint density at radius 3 is 2.66 bits per heavy atom. The number of likely N-dealkylation sites (N-methyl/N-ethyl adjacent to an activating group) is 1. The van der Waals surface area contributed by atoms with E-state index in [1.54, 1.807) is 13.2 Å². The highest BCUT2D eigenvalue weighted by atomic mass is 32.1. The van der Waals surface area contributed by atoms with Crippen LogP contribution in [0.5, 0.6) is 5.75 Å². The van der Waals surface area contributed by atoms with Crippen LogP contribution in [0, 0.1) is 4.77 Å². The van der Waals surface area contributed by atoms with E-state index in [9.17, 15) is 9.59 Å². The summed E-state index contributed by atoms with van der Waals surface area (Å²) in [7, 11) is 1.65. The first-order valence-electron chi connectivity index (χ1n) is 10.8. The third kappa shape index (κ3) is 5.44. The summed E-state index contributed by atoms with van der Waals surface area (Å²) in [5.74, 6) is 0.662. The van der Waals surface area contributed by atoms with Gasteiger partial charge in [0.2, 0.25) is 5.91 Å². The Hall–Kier alpha value is -2.97. The summed E-state index contributed by atoms with van der Waals surface area (Å²) < 4.78 is 7.13. The zero-order valence-electron chi connectivity index (χ0n) is 18.8. The first-order valence-corrected chi connectivity index (χ1v) is 11.3. The van der Waals surface area contributed by atoms with Gasteiger partial charge in [-0.25, -0.2) is 0 Å². The number of fused-ring (bicyclic) bond motifs is 1. The average molecular weight is 455 g/mol. The number of nitrogens with one attached hydrogen (secondary N) is 2. The fourth-order valence-electron chi connectivity index (χ4n) is 3.89. The largest absolute Gasteiger partial charge is 0.497 e. The van der Waals surface area contributed by atoms with E-state index in [4.69, 9.17) is 17.0 Å². The maximum Gasteiger partial charge on any atom is 0.262 e. The second-order valence-corrected chi connectivity index (χ2v) is 7.89. The molecule has 0 spiro atoms. The molecule has 8 heteroatoms. The highest BCUT2D eigenvalue weighted by molar-refractivity contribution is 7.71. The number of amides is 1. The van der Waals surface area contributed by atoms with Gasteiger partial charge >= 0.3 is 0 Å². The van der Waals surface area contributed by atoms with Gasteiger partial charge in [0.25, 0.3) is 5.56 Å². The predicted octanol–water partition coefficient (Wildman–Crippen LogP) is 3.66. The van der Waals surface area contributed by atoms with Gasteiger partial charge in [0.05, 0.1) is 24.1 Å². The number of carbonyl (C=O) groups excluding carboxylic acids is 1. The molecule has 1 unspecified atom stereocenters. The molecule has 0 fully saturated rings. The number of para-hydroxylation sites is 1.